The molecule has 0 aliphatic rings. The van der Waals surface area contributed by atoms with E-state index in [1.165, 1.54) is 0 Å². The summed E-state index contributed by atoms with van der Waals surface area (Å²) in [7, 11) is 0. The van der Waals surface area contributed by atoms with Crippen LogP contribution in [0.5, 0.6) is 0 Å². The largest absolute Gasteiger partial charge is 0.366 e. The topological polar surface area (TPSA) is 48.0 Å². The lowest BCUT2D eigenvalue weighted by atomic mass is 10.0. The van der Waals surface area contributed by atoms with Gasteiger partial charge in [0.05, 0.1) is 0 Å². The molecule has 106 valence electrons. The van der Waals surface area contributed by atoms with Crippen LogP contribution >= 0.6 is 11.6 Å². The number of nitrogens with zero attached hydrogens (tertiary/aromatic N) is 1. The van der Waals surface area contributed by atoms with Crippen LogP contribution in [0, 0.1) is 6.92 Å². The smallest absolute Gasteiger partial charge is 0.248 e. The molecule has 0 bridgehead atoms. The molecular weight excluding hydrogens is 284 g/mol. The number of aromatic nitrogens is 1. The summed E-state index contributed by atoms with van der Waals surface area (Å²) in [6, 6.07) is 13.5. The number of primary amides is 1. The van der Waals surface area contributed by atoms with Gasteiger partial charge in [0.1, 0.15) is 0 Å². The van der Waals surface area contributed by atoms with Crippen molar-refractivity contribution in [2.45, 2.75) is 13.5 Å². The molecule has 2 aromatic carbocycles. The number of benzene rings is 2. The fourth-order valence-corrected chi connectivity index (χ4v) is 2.67. The summed E-state index contributed by atoms with van der Waals surface area (Å²) in [4.78, 5) is 11.2. The highest BCUT2D eigenvalue weighted by Crippen LogP contribution is 2.22. The Morgan fingerprint density at radius 3 is 2.71 bits per heavy atom. The lowest BCUT2D eigenvalue weighted by molar-refractivity contribution is 0.1000. The van der Waals surface area contributed by atoms with Crippen LogP contribution < -0.4 is 5.73 Å². The Bertz CT molecular complexity index is 836. The number of rotatable bonds is 3. The molecule has 0 aliphatic heterocycles. The molecule has 2 N–H and O–H groups in total. The average Bonchev–Trinajstić information content (AvgIpc) is 2.83. The Labute approximate surface area is 127 Å². The SMILES string of the molecule is Cc1cc(C(N)=O)ccc1Cn1ccc2ccc(Cl)cc21. The van der Waals surface area contributed by atoms with E-state index in [-0.39, 0.29) is 0 Å². The van der Waals surface area contributed by atoms with Gasteiger partial charge in [-0.25, -0.2) is 0 Å². The highest BCUT2D eigenvalue weighted by atomic mass is 35.5. The predicted octanol–water partition coefficient (Wildman–Crippen LogP) is 3.75. The van der Waals surface area contributed by atoms with E-state index in [1.807, 2.05) is 43.5 Å². The van der Waals surface area contributed by atoms with Gasteiger partial charge in [0.25, 0.3) is 0 Å². The number of hydrogen-bond acceptors (Lipinski definition) is 1. The average molecular weight is 299 g/mol. The van der Waals surface area contributed by atoms with E-state index in [2.05, 4.69) is 10.6 Å². The highest BCUT2D eigenvalue weighted by molar-refractivity contribution is 6.31. The summed E-state index contributed by atoms with van der Waals surface area (Å²) in [6.45, 7) is 2.72. The first-order chi connectivity index (χ1) is 10.0. The van der Waals surface area contributed by atoms with Gasteiger partial charge in [0.15, 0.2) is 0 Å². The van der Waals surface area contributed by atoms with Crippen LogP contribution in [-0.2, 0) is 6.54 Å². The van der Waals surface area contributed by atoms with E-state index in [1.54, 1.807) is 6.07 Å². The number of halogens is 1. The van der Waals surface area contributed by atoms with Crippen LogP contribution in [0.2, 0.25) is 5.02 Å². The molecule has 0 atom stereocenters. The van der Waals surface area contributed by atoms with E-state index in [4.69, 9.17) is 17.3 Å². The van der Waals surface area contributed by atoms with Gasteiger partial charge in [-0.05, 0) is 53.8 Å². The third-order valence-corrected chi connectivity index (χ3v) is 3.94. The zero-order valence-electron chi connectivity index (χ0n) is 11.6. The second kappa shape index (κ2) is 5.26. The first-order valence-electron chi connectivity index (χ1n) is 6.68. The van der Waals surface area contributed by atoms with Crippen LogP contribution in [0.15, 0.2) is 48.7 Å². The Morgan fingerprint density at radius 2 is 2.00 bits per heavy atom. The molecular formula is C17H15ClN2O. The molecule has 0 fully saturated rings. The molecule has 21 heavy (non-hydrogen) atoms. The molecule has 0 unspecified atom stereocenters. The van der Waals surface area contributed by atoms with Crippen molar-refractivity contribution in [2.24, 2.45) is 5.73 Å². The van der Waals surface area contributed by atoms with Crippen molar-refractivity contribution in [3.63, 3.8) is 0 Å². The lowest BCUT2D eigenvalue weighted by Gasteiger charge is -2.10. The summed E-state index contributed by atoms with van der Waals surface area (Å²) in [5.41, 5.74) is 9.14. The molecule has 0 radical (unpaired) electrons. The highest BCUT2D eigenvalue weighted by Gasteiger charge is 2.07. The van der Waals surface area contributed by atoms with Gasteiger partial charge < -0.3 is 10.3 Å². The van der Waals surface area contributed by atoms with Gasteiger partial charge in [-0.2, -0.15) is 0 Å². The monoisotopic (exact) mass is 298 g/mol. The van der Waals surface area contributed by atoms with Crippen LogP contribution in [0.1, 0.15) is 21.5 Å². The van der Waals surface area contributed by atoms with Crippen LogP contribution in [0.25, 0.3) is 10.9 Å². The molecule has 1 aromatic heterocycles. The predicted molar refractivity (Wildman–Crippen MR) is 85.7 cm³/mol. The van der Waals surface area contributed by atoms with Gasteiger partial charge in [-0.3, -0.25) is 4.79 Å². The zero-order chi connectivity index (χ0) is 15.0. The number of hydrogen-bond donors (Lipinski definition) is 1. The Morgan fingerprint density at radius 1 is 1.19 bits per heavy atom. The van der Waals surface area contributed by atoms with Gasteiger partial charge in [-0.1, -0.05) is 23.7 Å². The van der Waals surface area contributed by atoms with Crippen LogP contribution in [-0.4, -0.2) is 10.5 Å². The second-order valence-corrected chi connectivity index (χ2v) is 5.59. The first kappa shape index (κ1) is 13.7. The lowest BCUT2D eigenvalue weighted by Crippen LogP contribution is -2.11. The zero-order valence-corrected chi connectivity index (χ0v) is 12.4. The molecule has 1 heterocycles. The van der Waals surface area contributed by atoms with E-state index in [0.717, 1.165) is 33.6 Å². The Hall–Kier alpha value is -2.26. The maximum absolute atomic E-state index is 11.2. The summed E-state index contributed by atoms with van der Waals surface area (Å²) >= 11 is 6.07. The number of nitrogens with two attached hydrogens (primary N) is 1. The molecule has 1 amide bonds. The van der Waals surface area contributed by atoms with Crippen molar-refractivity contribution in [1.29, 1.82) is 0 Å². The van der Waals surface area contributed by atoms with Crippen molar-refractivity contribution in [3.05, 3.63) is 70.4 Å². The number of carbonyl (C=O) groups is 1. The van der Waals surface area contributed by atoms with E-state index in [9.17, 15) is 4.79 Å². The minimum absolute atomic E-state index is 0.400. The van der Waals surface area contributed by atoms with E-state index < -0.39 is 5.91 Å². The van der Waals surface area contributed by atoms with Gasteiger partial charge in [-0.15, -0.1) is 0 Å². The molecule has 0 spiro atoms. The van der Waals surface area contributed by atoms with Crippen molar-refractivity contribution >= 4 is 28.4 Å². The summed E-state index contributed by atoms with van der Waals surface area (Å²) < 4.78 is 2.15. The summed E-state index contributed by atoms with van der Waals surface area (Å²) in [5.74, 6) is -0.400. The first-order valence-corrected chi connectivity index (χ1v) is 7.06. The number of carbonyl (C=O) groups excluding carboxylic acids is 1. The number of aryl methyl sites for hydroxylation is 1. The maximum Gasteiger partial charge on any atom is 0.248 e. The fraction of sp³-hybridized carbons (Fsp3) is 0.118. The van der Waals surface area contributed by atoms with Crippen molar-refractivity contribution in [3.8, 4) is 0 Å². The minimum Gasteiger partial charge on any atom is -0.366 e. The standard InChI is InChI=1S/C17H15ClN2O/c1-11-8-13(17(19)21)2-3-14(11)10-20-7-6-12-4-5-15(18)9-16(12)20/h2-9H,10H2,1H3,(H2,19,21). The van der Waals surface area contributed by atoms with Gasteiger partial charge in [0, 0.05) is 28.8 Å². The third-order valence-electron chi connectivity index (χ3n) is 3.70. The quantitative estimate of drug-likeness (QED) is 0.786. The number of amides is 1. The van der Waals surface area contributed by atoms with E-state index in [0.29, 0.717) is 5.56 Å². The number of fused-ring (bicyclic) bond motifs is 1. The fourth-order valence-electron chi connectivity index (χ4n) is 2.51. The maximum atomic E-state index is 11.2. The third kappa shape index (κ3) is 2.65. The molecule has 0 saturated heterocycles. The summed E-state index contributed by atoms with van der Waals surface area (Å²) in [5, 5.41) is 1.88. The van der Waals surface area contributed by atoms with Crippen molar-refractivity contribution in [1.82, 2.24) is 4.57 Å². The van der Waals surface area contributed by atoms with Gasteiger partial charge >= 0.3 is 0 Å². The molecule has 0 aliphatic carbocycles. The Balaban J connectivity index is 1.99. The molecule has 3 rings (SSSR count). The minimum atomic E-state index is -0.400. The normalized spacial score (nSPS) is 11.0. The van der Waals surface area contributed by atoms with Gasteiger partial charge in [0.2, 0.25) is 5.91 Å². The van der Waals surface area contributed by atoms with Crippen molar-refractivity contribution < 1.29 is 4.79 Å². The second-order valence-electron chi connectivity index (χ2n) is 5.15. The molecule has 4 heteroatoms. The Kier molecular flexibility index (Phi) is 3.43. The van der Waals surface area contributed by atoms with Crippen LogP contribution in [0.4, 0.5) is 0 Å². The van der Waals surface area contributed by atoms with Crippen molar-refractivity contribution in [2.75, 3.05) is 0 Å². The van der Waals surface area contributed by atoms with Crippen LogP contribution in [0.3, 0.4) is 0 Å². The summed E-state index contributed by atoms with van der Waals surface area (Å²) in [6.07, 6.45) is 2.04. The molecule has 3 aromatic rings. The molecule has 3 nitrogen and oxygen atoms in total. The molecule has 0 saturated carbocycles. The van der Waals surface area contributed by atoms with E-state index >= 15 is 0 Å².